The van der Waals surface area contributed by atoms with Crippen LogP contribution >= 0.6 is 0 Å². The van der Waals surface area contributed by atoms with Crippen molar-refractivity contribution in [2.24, 2.45) is 5.92 Å². The summed E-state index contributed by atoms with van der Waals surface area (Å²) >= 11 is 0. The second kappa shape index (κ2) is 8.40. The Bertz CT molecular complexity index is 1310. The van der Waals surface area contributed by atoms with E-state index < -0.39 is 10.0 Å². The molecule has 3 aromatic rings. The number of rotatable bonds is 6. The minimum Gasteiger partial charge on any atom is -0.486 e. The minimum absolute atomic E-state index is 0.0528. The number of nitrogens with one attached hydrogen (secondary N) is 2. The summed E-state index contributed by atoms with van der Waals surface area (Å²) in [5, 5.41) is 2.81. The van der Waals surface area contributed by atoms with Gasteiger partial charge in [-0.05, 0) is 60.4 Å². The summed E-state index contributed by atoms with van der Waals surface area (Å²) in [7, 11) is -3.84. The van der Waals surface area contributed by atoms with Crippen molar-refractivity contribution in [3.63, 3.8) is 0 Å². The topological polar surface area (TPSA) is 93.7 Å². The van der Waals surface area contributed by atoms with Crippen LogP contribution in [0.25, 0.3) is 0 Å². The van der Waals surface area contributed by atoms with Gasteiger partial charge in [0.15, 0.2) is 11.5 Å². The average Bonchev–Trinajstić information content (AvgIpc) is 3.61. The fourth-order valence-electron chi connectivity index (χ4n) is 3.87. The third-order valence-corrected chi connectivity index (χ3v) is 7.04. The molecule has 7 nitrogen and oxygen atoms in total. The zero-order valence-corrected chi connectivity index (χ0v) is 18.3. The SMILES string of the molecule is O=C(Nc1ccc(NS(=O)(=O)c2ccc3c(c2)OCCO3)cc1)C1CC1c1ccccc1F. The Hall–Kier alpha value is -3.59. The number of hydrogen-bond donors (Lipinski definition) is 2. The highest BCUT2D eigenvalue weighted by Gasteiger charge is 2.45. The number of sulfonamides is 1. The molecular weight excluding hydrogens is 447 g/mol. The van der Waals surface area contributed by atoms with Crippen molar-refractivity contribution in [1.29, 1.82) is 0 Å². The monoisotopic (exact) mass is 468 g/mol. The van der Waals surface area contributed by atoms with Crippen molar-refractivity contribution >= 4 is 27.3 Å². The van der Waals surface area contributed by atoms with Gasteiger partial charge in [0.25, 0.3) is 10.0 Å². The Morgan fingerprint density at radius 1 is 0.909 bits per heavy atom. The number of amides is 1. The lowest BCUT2D eigenvalue weighted by Gasteiger charge is -2.19. The molecule has 1 heterocycles. The van der Waals surface area contributed by atoms with E-state index in [1.54, 1.807) is 48.5 Å². The van der Waals surface area contributed by atoms with Gasteiger partial charge in [-0.15, -0.1) is 0 Å². The minimum atomic E-state index is -3.84. The quantitative estimate of drug-likeness (QED) is 0.567. The number of hydrogen-bond acceptors (Lipinski definition) is 5. The molecule has 5 rings (SSSR count). The predicted octanol–water partition coefficient (Wildman–Crippen LogP) is 4.14. The van der Waals surface area contributed by atoms with Crippen LogP contribution in [0.2, 0.25) is 0 Å². The van der Waals surface area contributed by atoms with Crippen LogP contribution in [0.15, 0.2) is 71.6 Å². The maximum Gasteiger partial charge on any atom is 0.262 e. The van der Waals surface area contributed by atoms with Crippen LogP contribution in [0, 0.1) is 11.7 Å². The maximum atomic E-state index is 13.9. The van der Waals surface area contributed by atoms with E-state index >= 15 is 0 Å². The summed E-state index contributed by atoms with van der Waals surface area (Å²) in [6.45, 7) is 0.782. The first-order valence-corrected chi connectivity index (χ1v) is 12.0. The Morgan fingerprint density at radius 3 is 2.36 bits per heavy atom. The summed E-state index contributed by atoms with van der Waals surface area (Å²) in [6.07, 6.45) is 0.597. The lowest BCUT2D eigenvalue weighted by atomic mass is 10.1. The van der Waals surface area contributed by atoms with Crippen molar-refractivity contribution in [3.8, 4) is 11.5 Å². The summed E-state index contributed by atoms with van der Waals surface area (Å²) < 4.78 is 52.8. The average molecular weight is 469 g/mol. The van der Waals surface area contributed by atoms with Crippen LogP contribution in [0.3, 0.4) is 0 Å². The zero-order valence-electron chi connectivity index (χ0n) is 17.5. The highest BCUT2D eigenvalue weighted by molar-refractivity contribution is 7.92. The van der Waals surface area contributed by atoms with Gasteiger partial charge in [0.05, 0.1) is 4.90 Å². The molecule has 2 N–H and O–H groups in total. The normalized spacial score (nSPS) is 18.9. The fraction of sp³-hybridized carbons (Fsp3) is 0.208. The van der Waals surface area contributed by atoms with Crippen molar-refractivity contribution in [3.05, 3.63) is 78.1 Å². The fourth-order valence-corrected chi connectivity index (χ4v) is 4.94. The Balaban J connectivity index is 1.22. The highest BCUT2D eigenvalue weighted by Crippen LogP contribution is 2.48. The lowest BCUT2D eigenvalue weighted by molar-refractivity contribution is -0.117. The second-order valence-electron chi connectivity index (χ2n) is 7.95. The molecule has 0 spiro atoms. The molecular formula is C24H21FN2O5S. The second-order valence-corrected chi connectivity index (χ2v) is 9.63. The summed E-state index contributed by atoms with van der Waals surface area (Å²) in [5.41, 5.74) is 1.43. The number of benzene rings is 3. The van der Waals surface area contributed by atoms with E-state index in [1.807, 2.05) is 0 Å². The number of carbonyl (C=O) groups excluding carboxylic acids is 1. The lowest BCUT2D eigenvalue weighted by Crippen LogP contribution is -2.17. The summed E-state index contributed by atoms with van der Waals surface area (Å²) in [4.78, 5) is 12.6. The first kappa shape index (κ1) is 21.3. The van der Waals surface area contributed by atoms with Crippen molar-refractivity contribution in [1.82, 2.24) is 0 Å². The largest absolute Gasteiger partial charge is 0.486 e. The molecule has 1 saturated carbocycles. The van der Waals surface area contributed by atoms with Gasteiger partial charge in [-0.2, -0.15) is 0 Å². The molecule has 2 aliphatic rings. The van der Waals surface area contributed by atoms with E-state index in [1.165, 1.54) is 18.2 Å². The molecule has 1 aliphatic carbocycles. The van der Waals surface area contributed by atoms with Gasteiger partial charge in [0.1, 0.15) is 19.0 Å². The molecule has 0 aromatic heterocycles. The molecule has 0 radical (unpaired) electrons. The van der Waals surface area contributed by atoms with Gasteiger partial charge in [0, 0.05) is 23.4 Å². The third kappa shape index (κ3) is 4.49. The van der Waals surface area contributed by atoms with Gasteiger partial charge in [0.2, 0.25) is 5.91 Å². The molecule has 0 saturated heterocycles. The van der Waals surface area contributed by atoms with Crippen molar-refractivity contribution in [2.75, 3.05) is 23.3 Å². The predicted molar refractivity (Wildman–Crippen MR) is 121 cm³/mol. The number of fused-ring (bicyclic) bond motifs is 1. The molecule has 9 heteroatoms. The molecule has 3 aromatic carbocycles. The number of halogens is 1. The van der Waals surface area contributed by atoms with Crippen LogP contribution in [0.4, 0.5) is 15.8 Å². The Kier molecular flexibility index (Phi) is 5.41. The highest BCUT2D eigenvalue weighted by atomic mass is 32.2. The molecule has 0 bridgehead atoms. The van der Waals surface area contributed by atoms with Gasteiger partial charge >= 0.3 is 0 Å². The molecule has 33 heavy (non-hydrogen) atoms. The van der Waals surface area contributed by atoms with E-state index in [0.717, 1.165) is 0 Å². The van der Waals surface area contributed by atoms with Gasteiger partial charge in [-0.1, -0.05) is 18.2 Å². The Morgan fingerprint density at radius 2 is 1.61 bits per heavy atom. The van der Waals surface area contributed by atoms with Crippen LogP contribution in [0.1, 0.15) is 17.9 Å². The van der Waals surface area contributed by atoms with E-state index in [4.69, 9.17) is 9.47 Å². The first-order chi connectivity index (χ1) is 15.9. The Labute approximate surface area is 190 Å². The number of anilines is 2. The summed E-state index contributed by atoms with van der Waals surface area (Å²) in [6, 6.07) is 17.3. The van der Waals surface area contributed by atoms with Crippen LogP contribution in [-0.2, 0) is 14.8 Å². The smallest absolute Gasteiger partial charge is 0.262 e. The van der Waals surface area contributed by atoms with Crippen molar-refractivity contribution in [2.45, 2.75) is 17.2 Å². The maximum absolute atomic E-state index is 13.9. The molecule has 1 aliphatic heterocycles. The van der Waals surface area contributed by atoms with Gasteiger partial charge in [-0.3, -0.25) is 9.52 Å². The van der Waals surface area contributed by atoms with E-state index in [2.05, 4.69) is 10.0 Å². The van der Waals surface area contributed by atoms with Gasteiger partial charge < -0.3 is 14.8 Å². The summed E-state index contributed by atoms with van der Waals surface area (Å²) in [5.74, 6) is 0.00280. The molecule has 2 unspecified atom stereocenters. The van der Waals surface area contributed by atoms with Crippen LogP contribution in [0.5, 0.6) is 11.5 Å². The molecule has 170 valence electrons. The molecule has 1 fully saturated rings. The van der Waals surface area contributed by atoms with Gasteiger partial charge in [-0.25, -0.2) is 12.8 Å². The van der Waals surface area contributed by atoms with E-state index in [-0.39, 0.29) is 28.5 Å². The number of ether oxygens (including phenoxy) is 2. The first-order valence-electron chi connectivity index (χ1n) is 10.5. The molecule has 1 amide bonds. The molecule has 2 atom stereocenters. The third-order valence-electron chi connectivity index (χ3n) is 5.66. The van der Waals surface area contributed by atoms with Crippen LogP contribution in [-0.4, -0.2) is 27.5 Å². The van der Waals surface area contributed by atoms with E-state index in [0.29, 0.717) is 48.1 Å². The standard InChI is InChI=1S/C24H21FN2O5S/c25-21-4-2-1-3-18(21)19-14-20(19)24(28)26-15-5-7-16(8-6-15)27-33(29,30)17-9-10-22-23(13-17)32-12-11-31-22/h1-10,13,19-20,27H,11-12,14H2,(H,26,28). The van der Waals surface area contributed by atoms with Crippen LogP contribution < -0.4 is 19.5 Å². The number of carbonyl (C=O) groups is 1. The van der Waals surface area contributed by atoms with Crippen molar-refractivity contribution < 1.29 is 27.1 Å². The zero-order chi connectivity index (χ0) is 23.0. The van der Waals surface area contributed by atoms with E-state index in [9.17, 15) is 17.6 Å².